The molecule has 1 aliphatic heterocycles. The maximum absolute atomic E-state index is 13.6. The van der Waals surface area contributed by atoms with E-state index >= 15 is 0 Å². The number of ether oxygens (including phenoxy) is 1. The maximum Gasteiger partial charge on any atom is 0.191 e. The molecule has 2 N–H and O–H groups in total. The SMILES string of the molecule is CCN1CCC(CNC(=NC)NCC(C)Oc2ccccc2F)C1.I. The van der Waals surface area contributed by atoms with E-state index < -0.39 is 0 Å². The Morgan fingerprint density at radius 3 is 2.80 bits per heavy atom. The molecule has 0 radical (unpaired) electrons. The minimum atomic E-state index is -0.339. The van der Waals surface area contributed by atoms with E-state index in [4.69, 9.17) is 4.74 Å². The number of para-hydroxylation sites is 1. The molecule has 2 rings (SSSR count). The van der Waals surface area contributed by atoms with E-state index in [1.165, 1.54) is 19.0 Å². The van der Waals surface area contributed by atoms with Crippen LogP contribution in [0.4, 0.5) is 4.39 Å². The average molecular weight is 464 g/mol. The summed E-state index contributed by atoms with van der Waals surface area (Å²) < 4.78 is 19.2. The standard InChI is InChI=1S/C18H29FN4O.HI/c1-4-23-10-9-15(13-23)12-22-18(20-3)21-11-14(2)24-17-8-6-5-7-16(17)19;/h5-8,14-15H,4,9-13H2,1-3H3,(H2,20,21,22);1H. The van der Waals surface area contributed by atoms with Crippen LogP contribution in [-0.4, -0.2) is 56.7 Å². The molecule has 1 aromatic rings. The van der Waals surface area contributed by atoms with Gasteiger partial charge in [-0.1, -0.05) is 19.1 Å². The van der Waals surface area contributed by atoms with Crippen molar-refractivity contribution in [2.45, 2.75) is 26.4 Å². The lowest BCUT2D eigenvalue weighted by Crippen LogP contribution is -2.43. The molecule has 0 aromatic heterocycles. The van der Waals surface area contributed by atoms with Gasteiger partial charge in [0.15, 0.2) is 17.5 Å². The second kappa shape index (κ2) is 11.5. The Morgan fingerprint density at radius 2 is 2.16 bits per heavy atom. The van der Waals surface area contributed by atoms with Crippen molar-refractivity contribution in [3.8, 4) is 5.75 Å². The Morgan fingerprint density at radius 1 is 1.40 bits per heavy atom. The molecule has 1 aromatic carbocycles. The van der Waals surface area contributed by atoms with Gasteiger partial charge in [0.05, 0.1) is 6.54 Å². The summed E-state index contributed by atoms with van der Waals surface area (Å²) in [5.74, 6) is 1.36. The van der Waals surface area contributed by atoms with E-state index in [1.54, 1.807) is 25.2 Å². The van der Waals surface area contributed by atoms with Crippen LogP contribution in [0, 0.1) is 11.7 Å². The van der Waals surface area contributed by atoms with Gasteiger partial charge in [-0.3, -0.25) is 4.99 Å². The molecule has 0 aliphatic carbocycles. The van der Waals surface area contributed by atoms with E-state index in [9.17, 15) is 4.39 Å². The number of halogens is 2. The van der Waals surface area contributed by atoms with Gasteiger partial charge in [-0.2, -0.15) is 0 Å². The predicted molar refractivity (Wildman–Crippen MR) is 111 cm³/mol. The molecule has 1 heterocycles. The Hall–Kier alpha value is -1.09. The van der Waals surface area contributed by atoms with Gasteiger partial charge in [0.1, 0.15) is 6.10 Å². The number of rotatable bonds is 7. The minimum Gasteiger partial charge on any atom is -0.486 e. The molecule has 0 bridgehead atoms. The minimum absolute atomic E-state index is 0. The van der Waals surface area contributed by atoms with Crippen molar-refractivity contribution in [3.63, 3.8) is 0 Å². The summed E-state index contributed by atoms with van der Waals surface area (Å²) in [6.45, 7) is 9.03. The fraction of sp³-hybridized carbons (Fsp3) is 0.611. The fourth-order valence-electron chi connectivity index (χ4n) is 2.87. The lowest BCUT2D eigenvalue weighted by atomic mass is 10.1. The van der Waals surface area contributed by atoms with Gasteiger partial charge in [0, 0.05) is 20.1 Å². The third-order valence-corrected chi connectivity index (χ3v) is 4.32. The summed E-state index contributed by atoms with van der Waals surface area (Å²) in [6.07, 6.45) is 1.06. The van der Waals surface area contributed by atoms with Crippen molar-refractivity contribution in [2.75, 3.05) is 39.8 Å². The molecule has 1 fully saturated rings. The number of guanidine groups is 1. The zero-order chi connectivity index (χ0) is 17.4. The van der Waals surface area contributed by atoms with Crippen molar-refractivity contribution in [3.05, 3.63) is 30.1 Å². The number of aliphatic imine (C=N–C) groups is 1. The van der Waals surface area contributed by atoms with Gasteiger partial charge in [0.2, 0.25) is 0 Å². The van der Waals surface area contributed by atoms with Crippen LogP contribution in [0.25, 0.3) is 0 Å². The molecule has 7 heteroatoms. The highest BCUT2D eigenvalue weighted by Crippen LogP contribution is 2.17. The first kappa shape index (κ1) is 22.0. The second-order valence-electron chi connectivity index (χ2n) is 6.24. The first-order chi connectivity index (χ1) is 11.6. The third kappa shape index (κ3) is 7.35. The molecule has 2 unspecified atom stereocenters. The number of nitrogens with one attached hydrogen (secondary N) is 2. The van der Waals surface area contributed by atoms with Gasteiger partial charge >= 0.3 is 0 Å². The normalized spacial score (nSPS) is 19.2. The van der Waals surface area contributed by atoms with E-state index in [2.05, 4.69) is 27.4 Å². The number of benzene rings is 1. The summed E-state index contributed by atoms with van der Waals surface area (Å²) >= 11 is 0. The highest BCUT2D eigenvalue weighted by molar-refractivity contribution is 14.0. The predicted octanol–water partition coefficient (Wildman–Crippen LogP) is 2.72. The monoisotopic (exact) mass is 464 g/mol. The average Bonchev–Trinajstić information content (AvgIpc) is 3.05. The van der Waals surface area contributed by atoms with Crippen molar-refractivity contribution in [2.24, 2.45) is 10.9 Å². The summed E-state index contributed by atoms with van der Waals surface area (Å²) in [6, 6.07) is 6.45. The lowest BCUT2D eigenvalue weighted by Gasteiger charge is -2.19. The Labute approximate surface area is 167 Å². The number of nitrogens with zero attached hydrogens (tertiary/aromatic N) is 2. The van der Waals surface area contributed by atoms with Gasteiger partial charge in [-0.15, -0.1) is 24.0 Å². The van der Waals surface area contributed by atoms with Crippen molar-refractivity contribution in [1.82, 2.24) is 15.5 Å². The summed E-state index contributed by atoms with van der Waals surface area (Å²) in [7, 11) is 1.75. The maximum atomic E-state index is 13.6. The molecule has 25 heavy (non-hydrogen) atoms. The van der Waals surface area contributed by atoms with Crippen LogP contribution in [0.2, 0.25) is 0 Å². The van der Waals surface area contributed by atoms with Crippen LogP contribution in [0.3, 0.4) is 0 Å². The zero-order valence-corrected chi connectivity index (χ0v) is 17.6. The zero-order valence-electron chi connectivity index (χ0n) is 15.3. The molecule has 5 nitrogen and oxygen atoms in total. The third-order valence-electron chi connectivity index (χ3n) is 4.32. The molecule has 142 valence electrons. The van der Waals surface area contributed by atoms with Gasteiger partial charge in [0.25, 0.3) is 0 Å². The first-order valence-electron chi connectivity index (χ1n) is 8.70. The second-order valence-corrected chi connectivity index (χ2v) is 6.24. The summed E-state index contributed by atoms with van der Waals surface area (Å²) in [4.78, 5) is 6.70. The van der Waals surface area contributed by atoms with Crippen LogP contribution in [0.5, 0.6) is 5.75 Å². The Kier molecular flexibility index (Phi) is 10.1. The molecule has 1 saturated heterocycles. The fourth-order valence-corrected chi connectivity index (χ4v) is 2.87. The van der Waals surface area contributed by atoms with Crippen LogP contribution >= 0.6 is 24.0 Å². The van der Waals surface area contributed by atoms with Gasteiger partial charge < -0.3 is 20.3 Å². The Bertz CT molecular complexity index is 544. The van der Waals surface area contributed by atoms with Crippen LogP contribution in [0.1, 0.15) is 20.3 Å². The highest BCUT2D eigenvalue weighted by Gasteiger charge is 2.21. The van der Waals surface area contributed by atoms with Crippen LogP contribution < -0.4 is 15.4 Å². The van der Waals surface area contributed by atoms with Crippen molar-refractivity contribution >= 4 is 29.9 Å². The molecular weight excluding hydrogens is 434 g/mol. The summed E-state index contributed by atoms with van der Waals surface area (Å²) in [5.41, 5.74) is 0. The molecule has 2 atom stereocenters. The molecule has 0 amide bonds. The van der Waals surface area contributed by atoms with E-state index in [-0.39, 0.29) is 41.6 Å². The van der Waals surface area contributed by atoms with Gasteiger partial charge in [-0.25, -0.2) is 4.39 Å². The molecule has 1 aliphatic rings. The number of likely N-dealkylation sites (tertiary alicyclic amines) is 1. The lowest BCUT2D eigenvalue weighted by molar-refractivity contribution is 0.214. The van der Waals surface area contributed by atoms with E-state index in [0.717, 1.165) is 25.6 Å². The first-order valence-corrected chi connectivity index (χ1v) is 8.70. The largest absolute Gasteiger partial charge is 0.486 e. The highest BCUT2D eigenvalue weighted by atomic mass is 127. The molecule has 0 spiro atoms. The summed E-state index contributed by atoms with van der Waals surface area (Å²) in [5, 5.41) is 6.61. The van der Waals surface area contributed by atoms with Crippen LogP contribution in [-0.2, 0) is 0 Å². The number of hydrogen-bond donors (Lipinski definition) is 2. The topological polar surface area (TPSA) is 48.9 Å². The smallest absolute Gasteiger partial charge is 0.191 e. The van der Waals surface area contributed by atoms with Crippen LogP contribution in [0.15, 0.2) is 29.3 Å². The van der Waals surface area contributed by atoms with E-state index in [0.29, 0.717) is 12.5 Å². The molecular formula is C18H30FIN4O. The van der Waals surface area contributed by atoms with E-state index in [1.807, 2.05) is 6.92 Å². The Balaban J connectivity index is 0.00000312. The van der Waals surface area contributed by atoms with Gasteiger partial charge in [-0.05, 0) is 44.5 Å². The molecule has 0 saturated carbocycles. The number of hydrogen-bond acceptors (Lipinski definition) is 3. The quantitative estimate of drug-likeness (QED) is 0.370. The van der Waals surface area contributed by atoms with Crippen molar-refractivity contribution < 1.29 is 9.13 Å². The van der Waals surface area contributed by atoms with Crippen molar-refractivity contribution in [1.29, 1.82) is 0 Å².